The van der Waals surface area contributed by atoms with Gasteiger partial charge in [-0.15, -0.1) is 5.10 Å². The summed E-state index contributed by atoms with van der Waals surface area (Å²) in [5.74, 6) is -0.489. The maximum Gasteiger partial charge on any atom is 0.249 e. The third-order valence-corrected chi connectivity index (χ3v) is 4.84. The highest BCUT2D eigenvalue weighted by atomic mass is 19.1. The number of carbonyl (C=O) groups excluding carboxylic acids is 1. The Morgan fingerprint density at radius 2 is 1.97 bits per heavy atom. The fraction of sp³-hybridized carbons (Fsp3) is 0.238. The summed E-state index contributed by atoms with van der Waals surface area (Å²) < 4.78 is 20.0. The number of nitrogens with zero attached hydrogens (tertiary/aromatic N) is 5. The van der Waals surface area contributed by atoms with E-state index in [1.54, 1.807) is 21.5 Å². The van der Waals surface area contributed by atoms with Gasteiger partial charge in [0.05, 0.1) is 5.52 Å². The van der Waals surface area contributed by atoms with E-state index in [0.29, 0.717) is 18.7 Å². The lowest BCUT2D eigenvalue weighted by Gasteiger charge is -2.23. The number of amides is 1. The molecule has 1 amide bonds. The van der Waals surface area contributed by atoms with E-state index < -0.39 is 0 Å². The zero-order chi connectivity index (χ0) is 20.4. The van der Waals surface area contributed by atoms with Gasteiger partial charge >= 0.3 is 0 Å². The number of ether oxygens (including phenoxy) is 1. The van der Waals surface area contributed by atoms with E-state index in [0.717, 1.165) is 27.6 Å². The van der Waals surface area contributed by atoms with E-state index >= 15 is 0 Å². The van der Waals surface area contributed by atoms with Gasteiger partial charge in [0.2, 0.25) is 5.91 Å². The predicted octanol–water partition coefficient (Wildman–Crippen LogP) is 2.90. The maximum absolute atomic E-state index is 13.2. The Morgan fingerprint density at radius 1 is 1.17 bits per heavy atom. The van der Waals surface area contributed by atoms with Crippen LogP contribution in [0, 0.1) is 12.7 Å². The Morgan fingerprint density at radius 3 is 2.72 bits per heavy atom. The zero-order valence-corrected chi connectivity index (χ0v) is 16.2. The monoisotopic (exact) mass is 393 g/mol. The Labute approximate surface area is 166 Å². The standard InChI is InChI=1S/C21H20FN5O2/c1-14-4-3-5-16-10-17(21-23-24-25-27(21)20(14)16)12-26(19(28)13-29-2)11-15-6-8-18(22)9-7-15/h3-10H,11-13H2,1-2H3. The lowest BCUT2D eigenvalue weighted by Crippen LogP contribution is -2.33. The van der Waals surface area contributed by atoms with E-state index in [1.807, 2.05) is 31.2 Å². The molecule has 2 heterocycles. The highest BCUT2D eigenvalue weighted by Gasteiger charge is 2.19. The van der Waals surface area contributed by atoms with Gasteiger partial charge in [0, 0.05) is 31.1 Å². The highest BCUT2D eigenvalue weighted by Crippen LogP contribution is 2.23. The van der Waals surface area contributed by atoms with Crippen molar-refractivity contribution in [3.63, 3.8) is 0 Å². The average molecular weight is 393 g/mol. The van der Waals surface area contributed by atoms with Crippen molar-refractivity contribution in [1.82, 2.24) is 24.9 Å². The Hall–Kier alpha value is -3.39. The molecular formula is C21H20FN5O2. The van der Waals surface area contributed by atoms with Gasteiger partial charge in [-0.2, -0.15) is 4.52 Å². The largest absolute Gasteiger partial charge is 0.375 e. The molecule has 0 saturated carbocycles. The number of para-hydroxylation sites is 1. The molecule has 7 nitrogen and oxygen atoms in total. The molecule has 0 radical (unpaired) electrons. The lowest BCUT2D eigenvalue weighted by atomic mass is 10.1. The minimum absolute atomic E-state index is 0.0465. The fourth-order valence-corrected chi connectivity index (χ4v) is 3.46. The number of rotatable bonds is 6. The zero-order valence-electron chi connectivity index (χ0n) is 16.2. The summed E-state index contributed by atoms with van der Waals surface area (Å²) >= 11 is 0. The van der Waals surface area contributed by atoms with Gasteiger partial charge < -0.3 is 9.64 Å². The molecule has 29 heavy (non-hydrogen) atoms. The molecule has 8 heteroatoms. The first-order valence-electron chi connectivity index (χ1n) is 9.17. The van der Waals surface area contributed by atoms with Crippen LogP contribution in [-0.4, -0.2) is 44.6 Å². The van der Waals surface area contributed by atoms with Crippen molar-refractivity contribution >= 4 is 22.5 Å². The van der Waals surface area contributed by atoms with Gasteiger partial charge in [-0.05, 0) is 46.7 Å². The second-order valence-electron chi connectivity index (χ2n) is 6.91. The van der Waals surface area contributed by atoms with Gasteiger partial charge in [0.25, 0.3) is 0 Å². The molecule has 0 aliphatic rings. The SMILES string of the molecule is COCC(=O)N(Cc1ccc(F)cc1)Cc1cc2cccc(C)c2n2nnnc12. The number of tetrazole rings is 1. The lowest BCUT2D eigenvalue weighted by molar-refractivity contribution is -0.136. The van der Waals surface area contributed by atoms with Gasteiger partial charge in [-0.3, -0.25) is 4.79 Å². The molecular weight excluding hydrogens is 373 g/mol. The first-order chi connectivity index (χ1) is 14.1. The minimum atomic E-state index is -0.315. The highest BCUT2D eigenvalue weighted by molar-refractivity contribution is 5.86. The molecule has 0 bridgehead atoms. The summed E-state index contributed by atoms with van der Waals surface area (Å²) in [6.45, 7) is 2.58. The number of aryl methyl sites for hydroxylation is 1. The number of carbonyl (C=O) groups is 1. The molecule has 0 spiro atoms. The second-order valence-corrected chi connectivity index (χ2v) is 6.91. The third kappa shape index (κ3) is 3.79. The van der Waals surface area contributed by atoms with Crippen LogP contribution in [0.3, 0.4) is 0 Å². The number of methoxy groups -OCH3 is 1. The predicted molar refractivity (Wildman–Crippen MR) is 106 cm³/mol. The topological polar surface area (TPSA) is 72.6 Å². The summed E-state index contributed by atoms with van der Waals surface area (Å²) in [5, 5.41) is 13.1. The van der Waals surface area contributed by atoms with Crippen LogP contribution in [0.5, 0.6) is 0 Å². The van der Waals surface area contributed by atoms with Crippen molar-refractivity contribution in [2.24, 2.45) is 0 Å². The normalized spacial score (nSPS) is 11.3. The van der Waals surface area contributed by atoms with Crippen LogP contribution in [0.15, 0.2) is 48.5 Å². The van der Waals surface area contributed by atoms with Crippen LogP contribution in [0.2, 0.25) is 0 Å². The molecule has 0 N–H and O–H groups in total. The first-order valence-corrected chi connectivity index (χ1v) is 9.17. The first kappa shape index (κ1) is 18.9. The van der Waals surface area contributed by atoms with Crippen molar-refractivity contribution < 1.29 is 13.9 Å². The smallest absolute Gasteiger partial charge is 0.249 e. The van der Waals surface area contributed by atoms with Gasteiger partial charge in [-0.1, -0.05) is 30.3 Å². The molecule has 4 rings (SSSR count). The van der Waals surface area contributed by atoms with Crippen LogP contribution >= 0.6 is 0 Å². The van der Waals surface area contributed by atoms with Gasteiger partial charge in [0.1, 0.15) is 12.4 Å². The van der Waals surface area contributed by atoms with E-state index in [2.05, 4.69) is 15.5 Å². The fourth-order valence-electron chi connectivity index (χ4n) is 3.46. The Kier molecular flexibility index (Phi) is 5.18. The van der Waals surface area contributed by atoms with Gasteiger partial charge in [-0.25, -0.2) is 4.39 Å². The molecule has 148 valence electrons. The van der Waals surface area contributed by atoms with E-state index in [-0.39, 0.29) is 18.3 Å². The summed E-state index contributed by atoms with van der Waals surface area (Å²) in [5.41, 5.74) is 4.23. The third-order valence-electron chi connectivity index (χ3n) is 4.84. The summed E-state index contributed by atoms with van der Waals surface area (Å²) in [4.78, 5) is 14.3. The molecule has 0 unspecified atom stereocenters. The van der Waals surface area contributed by atoms with Crippen LogP contribution in [0.1, 0.15) is 16.7 Å². The summed E-state index contributed by atoms with van der Waals surface area (Å²) in [6.07, 6.45) is 0. The molecule has 4 aromatic rings. The van der Waals surface area contributed by atoms with Crippen molar-refractivity contribution in [2.75, 3.05) is 13.7 Å². The number of fused-ring (bicyclic) bond motifs is 3. The van der Waals surface area contributed by atoms with Crippen molar-refractivity contribution in [2.45, 2.75) is 20.0 Å². The summed E-state index contributed by atoms with van der Waals surface area (Å²) in [7, 11) is 1.48. The van der Waals surface area contributed by atoms with Crippen molar-refractivity contribution in [3.8, 4) is 0 Å². The summed E-state index contributed by atoms with van der Waals surface area (Å²) in [6, 6.07) is 14.1. The van der Waals surface area contributed by atoms with E-state index in [9.17, 15) is 9.18 Å². The van der Waals surface area contributed by atoms with Gasteiger partial charge in [0.15, 0.2) is 5.65 Å². The molecule has 0 aliphatic carbocycles. The number of hydrogen-bond acceptors (Lipinski definition) is 5. The van der Waals surface area contributed by atoms with Crippen LogP contribution in [0.25, 0.3) is 16.6 Å². The van der Waals surface area contributed by atoms with E-state index in [1.165, 1.54) is 19.2 Å². The minimum Gasteiger partial charge on any atom is -0.375 e. The van der Waals surface area contributed by atoms with Crippen molar-refractivity contribution in [1.29, 1.82) is 0 Å². The Bertz CT molecular complexity index is 1170. The molecule has 2 aromatic heterocycles. The van der Waals surface area contributed by atoms with Crippen LogP contribution in [0.4, 0.5) is 4.39 Å². The number of aromatic nitrogens is 4. The molecule has 0 fully saturated rings. The van der Waals surface area contributed by atoms with Crippen molar-refractivity contribution in [3.05, 3.63) is 71.0 Å². The molecule has 0 atom stereocenters. The molecule has 0 saturated heterocycles. The number of halogens is 1. The molecule has 0 aliphatic heterocycles. The van der Waals surface area contributed by atoms with Crippen LogP contribution in [-0.2, 0) is 22.6 Å². The second kappa shape index (κ2) is 7.92. The maximum atomic E-state index is 13.2. The quantitative estimate of drug-likeness (QED) is 0.504. The van der Waals surface area contributed by atoms with Crippen LogP contribution < -0.4 is 0 Å². The number of benzene rings is 2. The van der Waals surface area contributed by atoms with E-state index in [4.69, 9.17) is 4.74 Å². The average Bonchev–Trinajstić information content (AvgIpc) is 3.19. The Balaban J connectivity index is 1.74. The number of hydrogen-bond donors (Lipinski definition) is 0. The number of pyridine rings is 1. The molecule has 2 aromatic carbocycles.